The standard InChI is InChI=1S/C17H18BrNO/c1-3-11-5-6-13(9-12(11)4-2)17(20)14-7-8-15(18)16(19)10-14/h5-10H,3-4,19H2,1-2H3. The first kappa shape index (κ1) is 14.8. The van der Waals surface area contributed by atoms with Crippen molar-refractivity contribution < 1.29 is 4.79 Å². The van der Waals surface area contributed by atoms with E-state index in [2.05, 4.69) is 29.8 Å². The molecule has 0 spiro atoms. The average molecular weight is 332 g/mol. The van der Waals surface area contributed by atoms with E-state index in [0.717, 1.165) is 22.9 Å². The maximum atomic E-state index is 12.5. The van der Waals surface area contributed by atoms with Crippen LogP contribution in [0.25, 0.3) is 0 Å². The molecule has 0 aromatic heterocycles. The fraction of sp³-hybridized carbons (Fsp3) is 0.235. The van der Waals surface area contributed by atoms with Crippen LogP contribution in [0.5, 0.6) is 0 Å². The Bertz CT molecular complexity index is 649. The predicted molar refractivity (Wildman–Crippen MR) is 87.2 cm³/mol. The van der Waals surface area contributed by atoms with Gasteiger partial charge in [0.25, 0.3) is 0 Å². The zero-order valence-electron chi connectivity index (χ0n) is 11.7. The molecule has 0 fully saturated rings. The first-order valence-electron chi connectivity index (χ1n) is 6.78. The van der Waals surface area contributed by atoms with Crippen molar-refractivity contribution in [3.8, 4) is 0 Å². The smallest absolute Gasteiger partial charge is 0.193 e. The minimum atomic E-state index is 0.0153. The van der Waals surface area contributed by atoms with Crippen molar-refractivity contribution in [2.75, 3.05) is 5.73 Å². The Labute approximate surface area is 128 Å². The summed E-state index contributed by atoms with van der Waals surface area (Å²) in [6.45, 7) is 4.24. The molecule has 0 bridgehead atoms. The molecule has 0 aliphatic heterocycles. The number of nitrogen functional groups attached to an aromatic ring is 1. The Morgan fingerprint density at radius 1 is 1.00 bits per heavy atom. The second kappa shape index (κ2) is 6.23. The minimum Gasteiger partial charge on any atom is -0.398 e. The highest BCUT2D eigenvalue weighted by atomic mass is 79.9. The second-order valence-electron chi connectivity index (χ2n) is 4.76. The van der Waals surface area contributed by atoms with Crippen LogP contribution in [0.15, 0.2) is 40.9 Å². The molecule has 0 atom stereocenters. The monoisotopic (exact) mass is 331 g/mol. The molecule has 2 nitrogen and oxygen atoms in total. The molecule has 0 aliphatic rings. The number of ketones is 1. The van der Waals surface area contributed by atoms with Gasteiger partial charge in [-0.2, -0.15) is 0 Å². The number of hydrogen-bond donors (Lipinski definition) is 1. The molecule has 20 heavy (non-hydrogen) atoms. The van der Waals surface area contributed by atoms with E-state index in [1.165, 1.54) is 11.1 Å². The van der Waals surface area contributed by atoms with Crippen LogP contribution >= 0.6 is 15.9 Å². The molecule has 3 heteroatoms. The lowest BCUT2D eigenvalue weighted by atomic mass is 9.96. The summed E-state index contributed by atoms with van der Waals surface area (Å²) >= 11 is 3.34. The molecular weight excluding hydrogens is 314 g/mol. The van der Waals surface area contributed by atoms with Gasteiger partial charge in [0.1, 0.15) is 0 Å². The van der Waals surface area contributed by atoms with Gasteiger partial charge in [-0.3, -0.25) is 4.79 Å². The normalized spacial score (nSPS) is 10.6. The Balaban J connectivity index is 2.40. The van der Waals surface area contributed by atoms with Gasteiger partial charge in [-0.25, -0.2) is 0 Å². The summed E-state index contributed by atoms with van der Waals surface area (Å²) in [4.78, 5) is 12.5. The maximum Gasteiger partial charge on any atom is 0.193 e. The number of anilines is 1. The van der Waals surface area contributed by atoms with Crippen LogP contribution in [0, 0.1) is 0 Å². The predicted octanol–water partition coefficient (Wildman–Crippen LogP) is 4.39. The number of hydrogen-bond acceptors (Lipinski definition) is 2. The van der Waals surface area contributed by atoms with Crippen molar-refractivity contribution in [3.05, 3.63) is 63.1 Å². The summed E-state index contributed by atoms with van der Waals surface area (Å²) in [5.74, 6) is 0.0153. The van der Waals surface area contributed by atoms with Crippen LogP contribution in [-0.2, 0) is 12.8 Å². The molecule has 2 rings (SSSR count). The van der Waals surface area contributed by atoms with Crippen LogP contribution in [0.4, 0.5) is 5.69 Å². The van der Waals surface area contributed by atoms with Crippen molar-refractivity contribution in [2.45, 2.75) is 26.7 Å². The van der Waals surface area contributed by atoms with Gasteiger partial charge < -0.3 is 5.73 Å². The van der Waals surface area contributed by atoms with Crippen molar-refractivity contribution in [2.24, 2.45) is 0 Å². The Morgan fingerprint density at radius 3 is 2.20 bits per heavy atom. The van der Waals surface area contributed by atoms with Crippen molar-refractivity contribution in [3.63, 3.8) is 0 Å². The Kier molecular flexibility index (Phi) is 4.61. The Morgan fingerprint density at radius 2 is 1.60 bits per heavy atom. The Hall–Kier alpha value is -1.61. The molecule has 0 saturated heterocycles. The van der Waals surface area contributed by atoms with Gasteiger partial charge in [0.2, 0.25) is 0 Å². The van der Waals surface area contributed by atoms with E-state index < -0.39 is 0 Å². The molecular formula is C17H18BrNO. The highest BCUT2D eigenvalue weighted by Gasteiger charge is 2.12. The third-order valence-corrected chi connectivity index (χ3v) is 4.21. The number of halogens is 1. The lowest BCUT2D eigenvalue weighted by molar-refractivity contribution is 0.103. The molecule has 104 valence electrons. The number of carbonyl (C=O) groups excluding carboxylic acids is 1. The molecule has 0 amide bonds. The molecule has 0 saturated carbocycles. The van der Waals surface area contributed by atoms with Crippen molar-refractivity contribution >= 4 is 27.4 Å². The SMILES string of the molecule is CCc1ccc(C(=O)c2ccc(Br)c(N)c2)cc1CC. The van der Waals surface area contributed by atoms with E-state index in [0.29, 0.717) is 11.3 Å². The average Bonchev–Trinajstić information content (AvgIpc) is 2.48. The first-order chi connectivity index (χ1) is 9.56. The summed E-state index contributed by atoms with van der Waals surface area (Å²) in [5, 5.41) is 0. The van der Waals surface area contributed by atoms with E-state index in [1.54, 1.807) is 12.1 Å². The zero-order chi connectivity index (χ0) is 14.7. The van der Waals surface area contributed by atoms with Gasteiger partial charge in [0.05, 0.1) is 0 Å². The van der Waals surface area contributed by atoms with Gasteiger partial charge in [-0.15, -0.1) is 0 Å². The lowest BCUT2D eigenvalue weighted by Gasteiger charge is -2.09. The number of carbonyl (C=O) groups is 1. The number of nitrogens with two attached hydrogens (primary N) is 1. The summed E-state index contributed by atoms with van der Waals surface area (Å²) in [7, 11) is 0. The van der Waals surface area contributed by atoms with Gasteiger partial charge >= 0.3 is 0 Å². The van der Waals surface area contributed by atoms with Crippen LogP contribution < -0.4 is 5.73 Å². The molecule has 2 N–H and O–H groups in total. The molecule has 2 aromatic rings. The fourth-order valence-electron chi connectivity index (χ4n) is 2.29. The fourth-order valence-corrected chi connectivity index (χ4v) is 2.54. The van der Waals surface area contributed by atoms with Crippen molar-refractivity contribution in [1.82, 2.24) is 0 Å². The largest absolute Gasteiger partial charge is 0.398 e. The maximum absolute atomic E-state index is 12.5. The summed E-state index contributed by atoms with van der Waals surface area (Å²) in [6.07, 6.45) is 1.93. The minimum absolute atomic E-state index is 0.0153. The molecule has 2 aromatic carbocycles. The molecule has 0 aliphatic carbocycles. The summed E-state index contributed by atoms with van der Waals surface area (Å²) in [6, 6.07) is 11.3. The van der Waals surface area contributed by atoms with E-state index in [-0.39, 0.29) is 5.78 Å². The van der Waals surface area contributed by atoms with Crippen LogP contribution in [0.3, 0.4) is 0 Å². The van der Waals surface area contributed by atoms with Crippen LogP contribution in [0.1, 0.15) is 40.9 Å². The number of aryl methyl sites for hydroxylation is 2. The van der Waals surface area contributed by atoms with Crippen LogP contribution in [-0.4, -0.2) is 5.78 Å². The van der Waals surface area contributed by atoms with Crippen LogP contribution in [0.2, 0.25) is 0 Å². The third kappa shape index (κ3) is 2.93. The summed E-state index contributed by atoms with van der Waals surface area (Å²) < 4.78 is 0.810. The van der Waals surface area contributed by atoms with E-state index in [1.807, 2.05) is 24.3 Å². The molecule has 0 unspecified atom stereocenters. The molecule has 0 heterocycles. The molecule has 0 radical (unpaired) electrons. The second-order valence-corrected chi connectivity index (χ2v) is 5.61. The number of benzene rings is 2. The van der Waals surface area contributed by atoms with Gasteiger partial charge in [-0.1, -0.05) is 26.0 Å². The van der Waals surface area contributed by atoms with Gasteiger partial charge in [-0.05, 0) is 64.2 Å². The topological polar surface area (TPSA) is 43.1 Å². The van der Waals surface area contributed by atoms with Gasteiger partial charge in [0, 0.05) is 21.3 Å². The quantitative estimate of drug-likeness (QED) is 0.667. The first-order valence-corrected chi connectivity index (χ1v) is 7.57. The van der Waals surface area contributed by atoms with Crippen molar-refractivity contribution in [1.29, 1.82) is 0 Å². The highest BCUT2D eigenvalue weighted by molar-refractivity contribution is 9.10. The third-order valence-electron chi connectivity index (χ3n) is 3.49. The zero-order valence-corrected chi connectivity index (χ0v) is 13.3. The number of rotatable bonds is 4. The lowest BCUT2D eigenvalue weighted by Crippen LogP contribution is -2.04. The van der Waals surface area contributed by atoms with Gasteiger partial charge in [0.15, 0.2) is 5.78 Å². The van der Waals surface area contributed by atoms with E-state index >= 15 is 0 Å². The highest BCUT2D eigenvalue weighted by Crippen LogP contribution is 2.23. The summed E-state index contributed by atoms with van der Waals surface area (Å²) in [5.41, 5.74) is 10.3. The van der Waals surface area contributed by atoms with E-state index in [4.69, 9.17) is 5.73 Å². The van der Waals surface area contributed by atoms with E-state index in [9.17, 15) is 4.79 Å².